The number of nitriles is 1. The van der Waals surface area contributed by atoms with Crippen molar-refractivity contribution < 1.29 is 13.6 Å². The number of amides is 1. The van der Waals surface area contributed by atoms with Crippen LogP contribution in [0.25, 0.3) is 0 Å². The molecule has 0 atom stereocenters. The highest BCUT2D eigenvalue weighted by atomic mass is 19.1. The molecule has 1 aromatic carbocycles. The molecule has 1 heterocycles. The summed E-state index contributed by atoms with van der Waals surface area (Å²) in [6.45, 7) is -0.243. The van der Waals surface area contributed by atoms with Gasteiger partial charge in [-0.05, 0) is 12.1 Å². The summed E-state index contributed by atoms with van der Waals surface area (Å²) < 4.78 is 27.2. The Morgan fingerprint density at radius 2 is 2.26 bits per heavy atom. The largest absolute Gasteiger partial charge is 0.322 e. The van der Waals surface area contributed by atoms with Crippen molar-refractivity contribution in [2.45, 2.75) is 6.54 Å². The molecule has 6 nitrogen and oxygen atoms in total. The summed E-state index contributed by atoms with van der Waals surface area (Å²) in [5.74, 6) is -2.23. The van der Waals surface area contributed by atoms with Crippen LogP contribution >= 0.6 is 0 Å². The van der Waals surface area contributed by atoms with Crippen molar-refractivity contribution in [1.82, 2.24) is 14.8 Å². The fourth-order valence-electron chi connectivity index (χ4n) is 1.39. The molecule has 0 aliphatic rings. The third-order valence-electron chi connectivity index (χ3n) is 2.23. The molecule has 0 bridgehead atoms. The van der Waals surface area contributed by atoms with Gasteiger partial charge in [-0.1, -0.05) is 0 Å². The molecule has 0 saturated carbocycles. The average Bonchev–Trinajstić information content (AvgIpc) is 2.80. The standard InChI is InChI=1S/C11H7F2N5O/c12-7-1-2-9(8(13)3-7)16-11(19)5-18-6-15-17-10(18)4-14/h1-3,6H,5H2,(H,16,19). The Morgan fingerprint density at radius 3 is 2.95 bits per heavy atom. The number of nitrogens with zero attached hydrogens (tertiary/aromatic N) is 4. The van der Waals surface area contributed by atoms with Crippen LogP contribution in [0.4, 0.5) is 14.5 Å². The molecule has 0 aliphatic carbocycles. The second kappa shape index (κ2) is 5.22. The van der Waals surface area contributed by atoms with Gasteiger partial charge in [-0.3, -0.25) is 9.36 Å². The zero-order chi connectivity index (χ0) is 13.8. The fourth-order valence-corrected chi connectivity index (χ4v) is 1.39. The van der Waals surface area contributed by atoms with Gasteiger partial charge in [-0.15, -0.1) is 10.2 Å². The SMILES string of the molecule is N#Cc1nncn1CC(=O)Nc1ccc(F)cc1F. The molecule has 1 aromatic heterocycles. The molecular formula is C11H7F2N5O. The van der Waals surface area contributed by atoms with E-state index < -0.39 is 17.5 Å². The highest BCUT2D eigenvalue weighted by Gasteiger charge is 2.11. The number of benzene rings is 1. The van der Waals surface area contributed by atoms with Gasteiger partial charge in [0.2, 0.25) is 11.7 Å². The van der Waals surface area contributed by atoms with Crippen LogP contribution in [0.3, 0.4) is 0 Å². The van der Waals surface area contributed by atoms with E-state index in [2.05, 4.69) is 15.5 Å². The Kier molecular flexibility index (Phi) is 3.47. The lowest BCUT2D eigenvalue weighted by Crippen LogP contribution is -2.20. The van der Waals surface area contributed by atoms with Gasteiger partial charge in [0.05, 0.1) is 5.69 Å². The lowest BCUT2D eigenvalue weighted by molar-refractivity contribution is -0.116. The van der Waals surface area contributed by atoms with Gasteiger partial charge < -0.3 is 5.32 Å². The van der Waals surface area contributed by atoms with Crippen LogP contribution in [0.15, 0.2) is 24.5 Å². The van der Waals surface area contributed by atoms with E-state index in [1.54, 1.807) is 6.07 Å². The zero-order valence-corrected chi connectivity index (χ0v) is 9.47. The van der Waals surface area contributed by atoms with Crippen molar-refractivity contribution >= 4 is 11.6 Å². The summed E-state index contributed by atoms with van der Waals surface area (Å²) in [5, 5.41) is 17.9. The molecular weight excluding hydrogens is 256 g/mol. The Labute approximate surface area is 106 Å². The van der Waals surface area contributed by atoms with Gasteiger partial charge in [0.25, 0.3) is 0 Å². The molecule has 96 valence electrons. The van der Waals surface area contributed by atoms with E-state index >= 15 is 0 Å². The van der Waals surface area contributed by atoms with E-state index in [9.17, 15) is 13.6 Å². The minimum atomic E-state index is -0.877. The molecule has 8 heteroatoms. The van der Waals surface area contributed by atoms with Crippen molar-refractivity contribution in [2.24, 2.45) is 0 Å². The predicted octanol–water partition coefficient (Wildman–Crippen LogP) is 1.07. The molecule has 2 rings (SSSR count). The normalized spacial score (nSPS) is 9.95. The van der Waals surface area contributed by atoms with Crippen molar-refractivity contribution in [3.63, 3.8) is 0 Å². The van der Waals surface area contributed by atoms with Gasteiger partial charge in [-0.2, -0.15) is 5.26 Å². The Bertz CT molecular complexity index is 661. The van der Waals surface area contributed by atoms with Crippen LogP contribution < -0.4 is 5.32 Å². The summed E-state index contributed by atoms with van der Waals surface area (Å²) in [4.78, 5) is 11.6. The highest BCUT2D eigenvalue weighted by molar-refractivity contribution is 5.90. The highest BCUT2D eigenvalue weighted by Crippen LogP contribution is 2.14. The minimum Gasteiger partial charge on any atom is -0.322 e. The van der Waals surface area contributed by atoms with E-state index in [0.717, 1.165) is 12.1 Å². The van der Waals surface area contributed by atoms with Crippen LogP contribution in [0, 0.1) is 23.0 Å². The molecule has 0 saturated heterocycles. The number of carbonyl (C=O) groups excluding carboxylic acids is 1. The van der Waals surface area contributed by atoms with E-state index in [1.807, 2.05) is 0 Å². The molecule has 19 heavy (non-hydrogen) atoms. The van der Waals surface area contributed by atoms with E-state index in [4.69, 9.17) is 5.26 Å². The van der Waals surface area contributed by atoms with Crippen molar-refractivity contribution in [1.29, 1.82) is 5.26 Å². The number of rotatable bonds is 3. The maximum Gasteiger partial charge on any atom is 0.244 e. The molecule has 2 aromatic rings. The molecule has 1 N–H and O–H groups in total. The van der Waals surface area contributed by atoms with Gasteiger partial charge in [0.1, 0.15) is 30.6 Å². The average molecular weight is 263 g/mol. The number of halogens is 2. The van der Waals surface area contributed by atoms with Crippen LogP contribution in [0.1, 0.15) is 5.82 Å². The first-order valence-corrected chi connectivity index (χ1v) is 5.13. The fraction of sp³-hybridized carbons (Fsp3) is 0.0909. The Hall–Kier alpha value is -2.82. The van der Waals surface area contributed by atoms with Crippen LogP contribution in [-0.2, 0) is 11.3 Å². The molecule has 0 fully saturated rings. The molecule has 0 unspecified atom stereocenters. The Morgan fingerprint density at radius 1 is 1.47 bits per heavy atom. The summed E-state index contributed by atoms with van der Waals surface area (Å²) in [6.07, 6.45) is 1.21. The summed E-state index contributed by atoms with van der Waals surface area (Å²) in [6, 6.07) is 4.55. The van der Waals surface area contributed by atoms with Gasteiger partial charge in [0, 0.05) is 6.07 Å². The smallest absolute Gasteiger partial charge is 0.244 e. The number of hydrogen-bond acceptors (Lipinski definition) is 4. The number of hydrogen-bond donors (Lipinski definition) is 1. The van der Waals surface area contributed by atoms with Crippen molar-refractivity contribution in [3.8, 4) is 6.07 Å². The first-order chi connectivity index (χ1) is 9.10. The summed E-state index contributed by atoms with van der Waals surface area (Å²) in [7, 11) is 0. The third kappa shape index (κ3) is 2.90. The van der Waals surface area contributed by atoms with Crippen molar-refractivity contribution in [2.75, 3.05) is 5.32 Å². The minimum absolute atomic E-state index is 0.0327. The maximum atomic E-state index is 13.3. The van der Waals surface area contributed by atoms with Gasteiger partial charge >= 0.3 is 0 Å². The van der Waals surface area contributed by atoms with Crippen molar-refractivity contribution in [3.05, 3.63) is 42.0 Å². The van der Waals surface area contributed by atoms with Crippen LogP contribution in [0.5, 0.6) is 0 Å². The van der Waals surface area contributed by atoms with Crippen LogP contribution in [-0.4, -0.2) is 20.7 Å². The number of carbonyl (C=O) groups is 1. The quantitative estimate of drug-likeness (QED) is 0.897. The lowest BCUT2D eigenvalue weighted by Gasteiger charge is -2.06. The first-order valence-electron chi connectivity index (χ1n) is 5.13. The van der Waals surface area contributed by atoms with Crippen LogP contribution in [0.2, 0.25) is 0 Å². The second-order valence-corrected chi connectivity index (χ2v) is 3.57. The van der Waals surface area contributed by atoms with E-state index in [-0.39, 0.29) is 18.1 Å². The third-order valence-corrected chi connectivity index (χ3v) is 2.23. The molecule has 0 aliphatic heterocycles. The van der Waals surface area contributed by atoms with Gasteiger partial charge in [0.15, 0.2) is 0 Å². The number of anilines is 1. The zero-order valence-electron chi connectivity index (χ0n) is 9.47. The first kappa shape index (κ1) is 12.6. The maximum absolute atomic E-state index is 13.3. The summed E-state index contributed by atoms with van der Waals surface area (Å²) >= 11 is 0. The summed E-state index contributed by atoms with van der Waals surface area (Å²) in [5.41, 5.74) is -0.141. The monoisotopic (exact) mass is 263 g/mol. The predicted molar refractivity (Wildman–Crippen MR) is 59.7 cm³/mol. The molecule has 1 amide bonds. The molecule has 0 radical (unpaired) electrons. The van der Waals surface area contributed by atoms with Gasteiger partial charge in [-0.25, -0.2) is 8.78 Å². The lowest BCUT2D eigenvalue weighted by atomic mass is 10.3. The molecule has 0 spiro atoms. The number of aromatic nitrogens is 3. The second-order valence-electron chi connectivity index (χ2n) is 3.57. The van der Waals surface area contributed by atoms with E-state index in [1.165, 1.54) is 10.9 Å². The number of nitrogens with one attached hydrogen (secondary N) is 1. The Balaban J connectivity index is 2.08. The van der Waals surface area contributed by atoms with E-state index in [0.29, 0.717) is 6.07 Å². The topological polar surface area (TPSA) is 83.6 Å².